The van der Waals surface area contributed by atoms with Gasteiger partial charge in [0.25, 0.3) is 5.91 Å². The van der Waals surface area contributed by atoms with E-state index in [1.54, 1.807) is 0 Å². The van der Waals surface area contributed by atoms with Crippen LogP contribution >= 0.6 is 0 Å². The number of carbonyl (C=O) groups excluding carboxylic acids is 1. The van der Waals surface area contributed by atoms with E-state index in [1.807, 2.05) is 48.6 Å². The van der Waals surface area contributed by atoms with Gasteiger partial charge in [0.1, 0.15) is 17.4 Å². The number of carbonyl (C=O) groups is 1. The van der Waals surface area contributed by atoms with Crippen LogP contribution in [-0.2, 0) is 6.54 Å². The molecule has 1 amide bonds. The molecule has 2 fully saturated rings. The summed E-state index contributed by atoms with van der Waals surface area (Å²) in [4.78, 5) is 24.2. The molecule has 0 aliphatic carbocycles. The van der Waals surface area contributed by atoms with Gasteiger partial charge < -0.3 is 19.0 Å². The lowest BCUT2D eigenvalue weighted by atomic mass is 10.0. The second kappa shape index (κ2) is 11.7. The minimum absolute atomic E-state index is 0.0604. The normalized spacial score (nSPS) is 17.3. The third-order valence-corrected chi connectivity index (χ3v) is 8.42. The minimum atomic E-state index is -0.0604. The fraction of sp³-hybridized carbons (Fsp3) is 0.394. The number of nitrogens with zero attached hydrogens (tertiary/aromatic N) is 4. The highest BCUT2D eigenvalue weighted by molar-refractivity contribution is 5.96. The van der Waals surface area contributed by atoms with Gasteiger partial charge in [0.05, 0.1) is 0 Å². The number of hydrogen-bond acceptors (Lipinski definition) is 6. The van der Waals surface area contributed by atoms with Gasteiger partial charge in [-0.3, -0.25) is 14.7 Å². The third-order valence-electron chi connectivity index (χ3n) is 8.42. The lowest BCUT2D eigenvalue weighted by Gasteiger charge is -2.36. The number of benzene rings is 2. The highest BCUT2D eigenvalue weighted by Crippen LogP contribution is 2.29. The highest BCUT2D eigenvalue weighted by Gasteiger charge is 2.28. The molecule has 0 radical (unpaired) electrons. The van der Waals surface area contributed by atoms with E-state index in [-0.39, 0.29) is 18.1 Å². The zero-order chi connectivity index (χ0) is 27.5. The lowest BCUT2D eigenvalue weighted by Crippen LogP contribution is -2.45. The van der Waals surface area contributed by atoms with Gasteiger partial charge in [0, 0.05) is 82.1 Å². The maximum absolute atomic E-state index is 13.3. The quantitative estimate of drug-likeness (QED) is 0.291. The van der Waals surface area contributed by atoms with E-state index < -0.39 is 0 Å². The molecular weight excluding hydrogens is 500 g/mol. The summed E-state index contributed by atoms with van der Waals surface area (Å²) >= 11 is 0. The van der Waals surface area contributed by atoms with Crippen LogP contribution in [-0.4, -0.2) is 66.1 Å². The average Bonchev–Trinajstić information content (AvgIpc) is 3.42. The Hall–Kier alpha value is -3.84. The first-order valence-corrected chi connectivity index (χ1v) is 14.4. The second-order valence-corrected chi connectivity index (χ2v) is 11.2. The predicted molar refractivity (Wildman–Crippen MR) is 158 cm³/mol. The van der Waals surface area contributed by atoms with Crippen molar-refractivity contribution in [2.45, 2.75) is 51.3 Å². The second-order valence-electron chi connectivity index (χ2n) is 11.2. The van der Waals surface area contributed by atoms with Gasteiger partial charge in [-0.2, -0.15) is 0 Å². The van der Waals surface area contributed by atoms with Crippen molar-refractivity contribution in [1.29, 1.82) is 0 Å². The summed E-state index contributed by atoms with van der Waals surface area (Å²) in [5.74, 6) is 1.16. The van der Waals surface area contributed by atoms with Crippen LogP contribution in [0.4, 0.5) is 5.69 Å². The van der Waals surface area contributed by atoms with E-state index in [4.69, 9.17) is 9.15 Å². The zero-order valence-electron chi connectivity index (χ0n) is 23.5. The maximum atomic E-state index is 13.3. The highest BCUT2D eigenvalue weighted by atomic mass is 16.5. The van der Waals surface area contributed by atoms with Crippen molar-refractivity contribution >= 4 is 22.6 Å². The molecule has 0 bridgehead atoms. The first-order chi connectivity index (χ1) is 19.5. The Balaban J connectivity index is 1.03. The predicted octanol–water partition coefficient (Wildman–Crippen LogP) is 5.92. The van der Waals surface area contributed by atoms with Gasteiger partial charge in [0.2, 0.25) is 0 Å². The molecule has 2 aromatic carbocycles. The van der Waals surface area contributed by atoms with Crippen molar-refractivity contribution in [3.8, 4) is 5.75 Å². The zero-order valence-corrected chi connectivity index (χ0v) is 23.5. The van der Waals surface area contributed by atoms with E-state index in [2.05, 4.69) is 58.1 Å². The maximum Gasteiger partial charge on any atom is 0.289 e. The Morgan fingerprint density at radius 3 is 2.40 bits per heavy atom. The lowest BCUT2D eigenvalue weighted by molar-refractivity contribution is 0.0608. The first-order valence-electron chi connectivity index (χ1n) is 14.4. The largest absolute Gasteiger partial charge is 0.490 e. The van der Waals surface area contributed by atoms with Gasteiger partial charge in [-0.15, -0.1) is 0 Å². The molecule has 0 spiro atoms. The van der Waals surface area contributed by atoms with Crippen LogP contribution in [0.3, 0.4) is 0 Å². The number of likely N-dealkylation sites (tertiary alicyclic amines) is 1. The Morgan fingerprint density at radius 1 is 0.950 bits per heavy atom. The number of ether oxygens (including phenoxy) is 1. The average molecular weight is 539 g/mol. The molecule has 7 heteroatoms. The van der Waals surface area contributed by atoms with Crippen LogP contribution in [0.15, 0.2) is 77.5 Å². The van der Waals surface area contributed by atoms with Gasteiger partial charge in [0.15, 0.2) is 5.76 Å². The molecule has 2 saturated heterocycles. The number of aryl methyl sites for hydroxylation is 1. The topological polar surface area (TPSA) is 62.1 Å². The number of piperidine rings is 2. The monoisotopic (exact) mass is 538 g/mol. The Labute approximate surface area is 236 Å². The Morgan fingerprint density at radius 2 is 1.68 bits per heavy atom. The summed E-state index contributed by atoms with van der Waals surface area (Å²) in [6.45, 7) is 6.94. The molecule has 7 nitrogen and oxygen atoms in total. The molecule has 0 atom stereocenters. The van der Waals surface area contributed by atoms with Gasteiger partial charge >= 0.3 is 0 Å². The van der Waals surface area contributed by atoms with Crippen LogP contribution in [0.2, 0.25) is 0 Å². The smallest absolute Gasteiger partial charge is 0.289 e. The molecular formula is C33H38N4O3. The Kier molecular flexibility index (Phi) is 7.73. The molecule has 2 aliphatic heterocycles. The van der Waals surface area contributed by atoms with Crippen molar-refractivity contribution in [3.63, 3.8) is 0 Å². The molecule has 0 N–H and O–H groups in total. The fourth-order valence-electron chi connectivity index (χ4n) is 5.93. The van der Waals surface area contributed by atoms with Crippen LogP contribution in [0.5, 0.6) is 5.75 Å². The van der Waals surface area contributed by atoms with Crippen LogP contribution in [0, 0.1) is 6.92 Å². The fourth-order valence-corrected chi connectivity index (χ4v) is 5.93. The van der Waals surface area contributed by atoms with Crippen LogP contribution in [0.1, 0.15) is 47.4 Å². The molecule has 0 unspecified atom stereocenters. The molecule has 4 aromatic rings. The van der Waals surface area contributed by atoms with E-state index in [1.165, 1.54) is 16.8 Å². The number of fused-ring (bicyclic) bond motifs is 1. The standard InChI is InChI=1S/C33H38N4O3/c1-24-3-5-28(6-4-24)37-19-13-29(14-20-37)39-30-7-8-31-26(21-30)22-32(40-31)33(38)35(2)27-11-17-36(18-12-27)23-25-9-15-34-16-10-25/h3-10,15-16,21-22,27,29H,11-14,17-20,23H2,1-2H3. The molecule has 2 aromatic heterocycles. The summed E-state index contributed by atoms with van der Waals surface area (Å²) in [5, 5.41) is 0.901. The van der Waals surface area contributed by atoms with Crippen LogP contribution in [0.25, 0.3) is 11.0 Å². The van der Waals surface area contributed by atoms with Gasteiger partial charge in [-0.05, 0) is 73.9 Å². The number of anilines is 1. The molecule has 4 heterocycles. The summed E-state index contributed by atoms with van der Waals surface area (Å²) in [6, 6.07) is 20.8. The molecule has 6 rings (SSSR count). The number of rotatable bonds is 7. The van der Waals surface area contributed by atoms with E-state index in [9.17, 15) is 4.79 Å². The Bertz CT molecular complexity index is 1420. The first kappa shape index (κ1) is 26.4. The summed E-state index contributed by atoms with van der Waals surface area (Å²) in [7, 11) is 1.90. The van der Waals surface area contributed by atoms with E-state index in [0.717, 1.165) is 69.5 Å². The van der Waals surface area contributed by atoms with Crippen molar-refractivity contribution in [3.05, 3.63) is 89.9 Å². The van der Waals surface area contributed by atoms with Crippen LogP contribution < -0.4 is 9.64 Å². The number of furan rings is 1. The number of hydrogen-bond donors (Lipinski definition) is 0. The van der Waals surface area contributed by atoms with Crippen molar-refractivity contribution in [2.24, 2.45) is 0 Å². The van der Waals surface area contributed by atoms with Crippen molar-refractivity contribution in [2.75, 3.05) is 38.1 Å². The van der Waals surface area contributed by atoms with E-state index >= 15 is 0 Å². The number of aromatic nitrogens is 1. The minimum Gasteiger partial charge on any atom is -0.490 e. The van der Waals surface area contributed by atoms with Gasteiger partial charge in [-0.25, -0.2) is 0 Å². The SMILES string of the molecule is Cc1ccc(N2CCC(Oc3ccc4oc(C(=O)N(C)C5CCN(Cc6ccncc6)CC5)cc4c3)CC2)cc1. The third kappa shape index (κ3) is 5.99. The molecule has 40 heavy (non-hydrogen) atoms. The van der Waals surface area contributed by atoms with E-state index in [0.29, 0.717) is 11.3 Å². The van der Waals surface area contributed by atoms with Crippen molar-refractivity contribution in [1.82, 2.24) is 14.8 Å². The number of pyridine rings is 1. The molecule has 0 saturated carbocycles. The van der Waals surface area contributed by atoms with Crippen molar-refractivity contribution < 1.29 is 13.9 Å². The molecule has 2 aliphatic rings. The summed E-state index contributed by atoms with van der Waals surface area (Å²) in [5.41, 5.74) is 4.55. The summed E-state index contributed by atoms with van der Waals surface area (Å²) < 4.78 is 12.3. The molecule has 208 valence electrons. The summed E-state index contributed by atoms with van der Waals surface area (Å²) in [6.07, 6.45) is 7.73. The van der Waals surface area contributed by atoms with Gasteiger partial charge in [-0.1, -0.05) is 17.7 Å². The number of amides is 1.